The van der Waals surface area contributed by atoms with Gasteiger partial charge >= 0.3 is 0 Å². The number of nitriles is 1. The lowest BCUT2D eigenvalue weighted by Crippen LogP contribution is -2.38. The van der Waals surface area contributed by atoms with E-state index in [1.54, 1.807) is 0 Å². The molecule has 0 aliphatic heterocycles. The van der Waals surface area contributed by atoms with Crippen molar-refractivity contribution in [3.8, 4) is 6.07 Å². The summed E-state index contributed by atoms with van der Waals surface area (Å²) >= 11 is 0. The predicted octanol–water partition coefficient (Wildman–Crippen LogP) is -0.0539. The number of amides is 1. The van der Waals surface area contributed by atoms with E-state index in [0.29, 0.717) is 13.1 Å². The van der Waals surface area contributed by atoms with E-state index in [1.807, 2.05) is 25.9 Å². The molecule has 0 radical (unpaired) electrons. The smallest absolute Gasteiger partial charge is 0.222 e. The fraction of sp³-hybridized carbons (Fsp3) is 0.818. The van der Waals surface area contributed by atoms with E-state index in [4.69, 9.17) is 5.26 Å². The van der Waals surface area contributed by atoms with Crippen LogP contribution in [0.25, 0.3) is 0 Å². The zero-order chi connectivity index (χ0) is 12.4. The molecule has 1 amide bonds. The molecule has 0 heterocycles. The van der Waals surface area contributed by atoms with Gasteiger partial charge in [0.25, 0.3) is 0 Å². The first-order valence-electron chi connectivity index (χ1n) is 5.64. The molecule has 1 atom stereocenters. The highest BCUT2D eigenvalue weighted by Gasteiger charge is 2.11. The molecule has 1 unspecified atom stereocenters. The van der Waals surface area contributed by atoms with E-state index < -0.39 is 6.04 Å². The van der Waals surface area contributed by atoms with Crippen LogP contribution in [-0.2, 0) is 4.79 Å². The maximum absolute atomic E-state index is 11.4. The van der Waals surface area contributed by atoms with E-state index in [2.05, 4.69) is 16.7 Å². The van der Waals surface area contributed by atoms with Crippen molar-refractivity contribution in [2.75, 3.05) is 33.7 Å². The summed E-state index contributed by atoms with van der Waals surface area (Å²) in [5.41, 5.74) is 0. The summed E-state index contributed by atoms with van der Waals surface area (Å²) in [4.78, 5) is 13.4. The third-order valence-electron chi connectivity index (χ3n) is 2.07. The van der Waals surface area contributed by atoms with E-state index in [0.717, 1.165) is 13.0 Å². The Morgan fingerprint density at radius 3 is 2.62 bits per heavy atom. The number of hydrogen-bond donors (Lipinski definition) is 2. The summed E-state index contributed by atoms with van der Waals surface area (Å²) in [6.07, 6.45) is 1.14. The molecule has 0 saturated carbocycles. The molecule has 0 fully saturated rings. The summed E-state index contributed by atoms with van der Waals surface area (Å²) in [6, 6.07) is 1.70. The number of likely N-dealkylation sites (N-methyl/N-ethyl adjacent to an activating group) is 1. The molecule has 92 valence electrons. The molecule has 0 saturated heterocycles. The summed E-state index contributed by atoms with van der Waals surface area (Å²) in [7, 11) is 3.94. The Kier molecular flexibility index (Phi) is 8.49. The van der Waals surface area contributed by atoms with Crippen LogP contribution in [0.4, 0.5) is 0 Å². The van der Waals surface area contributed by atoms with Crippen LogP contribution in [0.2, 0.25) is 0 Å². The molecule has 5 heteroatoms. The minimum atomic E-state index is -0.392. The molecular weight excluding hydrogens is 204 g/mol. The average molecular weight is 226 g/mol. The Labute approximate surface area is 97.8 Å². The van der Waals surface area contributed by atoms with Crippen molar-refractivity contribution in [2.24, 2.45) is 0 Å². The van der Waals surface area contributed by atoms with Gasteiger partial charge in [-0.05, 0) is 20.5 Å². The molecule has 0 aromatic carbocycles. The van der Waals surface area contributed by atoms with Crippen molar-refractivity contribution < 1.29 is 4.79 Å². The van der Waals surface area contributed by atoms with Gasteiger partial charge in [-0.3, -0.25) is 4.79 Å². The second kappa shape index (κ2) is 9.13. The number of rotatable bonds is 8. The number of carbonyl (C=O) groups excluding carboxylic acids is 1. The van der Waals surface area contributed by atoms with Gasteiger partial charge < -0.3 is 15.5 Å². The Balaban J connectivity index is 3.74. The molecule has 2 N–H and O–H groups in total. The summed E-state index contributed by atoms with van der Waals surface area (Å²) in [6.45, 7) is 4.24. The van der Waals surface area contributed by atoms with Crippen molar-refractivity contribution in [1.29, 1.82) is 5.26 Å². The highest BCUT2D eigenvalue weighted by atomic mass is 16.1. The SMILES string of the molecule is CCCNC(=O)CC(C#N)NCCN(C)C. The first kappa shape index (κ1) is 14.9. The van der Waals surface area contributed by atoms with Crippen LogP contribution in [0.5, 0.6) is 0 Å². The maximum atomic E-state index is 11.4. The van der Waals surface area contributed by atoms with Gasteiger partial charge in [-0.1, -0.05) is 6.92 Å². The van der Waals surface area contributed by atoms with Crippen LogP contribution < -0.4 is 10.6 Å². The van der Waals surface area contributed by atoms with Crippen molar-refractivity contribution in [2.45, 2.75) is 25.8 Å². The van der Waals surface area contributed by atoms with E-state index in [1.165, 1.54) is 0 Å². The van der Waals surface area contributed by atoms with Crippen molar-refractivity contribution in [1.82, 2.24) is 15.5 Å². The molecule has 0 aromatic heterocycles. The second-order valence-electron chi connectivity index (χ2n) is 3.99. The molecule has 5 nitrogen and oxygen atoms in total. The van der Waals surface area contributed by atoms with Gasteiger partial charge in [-0.25, -0.2) is 0 Å². The van der Waals surface area contributed by atoms with E-state index in [-0.39, 0.29) is 12.3 Å². The molecular formula is C11H22N4O. The van der Waals surface area contributed by atoms with Gasteiger partial charge in [0.05, 0.1) is 12.5 Å². The minimum Gasteiger partial charge on any atom is -0.356 e. The lowest BCUT2D eigenvalue weighted by Gasteiger charge is -2.14. The predicted molar refractivity (Wildman–Crippen MR) is 63.9 cm³/mol. The van der Waals surface area contributed by atoms with Crippen LogP contribution in [-0.4, -0.2) is 50.6 Å². The molecule has 0 aliphatic carbocycles. The fourth-order valence-electron chi connectivity index (χ4n) is 1.15. The third kappa shape index (κ3) is 8.21. The van der Waals surface area contributed by atoms with Crippen molar-refractivity contribution in [3.63, 3.8) is 0 Å². The minimum absolute atomic E-state index is 0.0641. The van der Waals surface area contributed by atoms with Crippen molar-refractivity contribution in [3.05, 3.63) is 0 Å². The zero-order valence-electron chi connectivity index (χ0n) is 10.4. The standard InChI is InChI=1S/C11H22N4O/c1-4-5-14-11(16)8-10(9-12)13-6-7-15(2)3/h10,13H,4-8H2,1-3H3,(H,14,16). The van der Waals surface area contributed by atoms with Crippen LogP contribution >= 0.6 is 0 Å². The zero-order valence-corrected chi connectivity index (χ0v) is 10.4. The van der Waals surface area contributed by atoms with Crippen LogP contribution in [0.3, 0.4) is 0 Å². The largest absolute Gasteiger partial charge is 0.356 e. The summed E-state index contributed by atoms with van der Waals surface area (Å²) in [5, 5.41) is 14.7. The van der Waals surface area contributed by atoms with Crippen molar-refractivity contribution >= 4 is 5.91 Å². The second-order valence-corrected chi connectivity index (χ2v) is 3.99. The Morgan fingerprint density at radius 2 is 2.12 bits per heavy atom. The molecule has 0 aliphatic rings. The normalized spacial score (nSPS) is 12.2. The molecule has 0 rings (SSSR count). The maximum Gasteiger partial charge on any atom is 0.222 e. The molecule has 0 spiro atoms. The molecule has 0 bridgehead atoms. The van der Waals surface area contributed by atoms with Gasteiger partial charge in [0.1, 0.15) is 6.04 Å². The van der Waals surface area contributed by atoms with Crippen LogP contribution in [0, 0.1) is 11.3 Å². The number of carbonyl (C=O) groups is 1. The van der Waals surface area contributed by atoms with Gasteiger partial charge in [-0.15, -0.1) is 0 Å². The Morgan fingerprint density at radius 1 is 1.44 bits per heavy atom. The quantitative estimate of drug-likeness (QED) is 0.609. The number of hydrogen-bond acceptors (Lipinski definition) is 4. The average Bonchev–Trinajstić information content (AvgIpc) is 2.24. The van der Waals surface area contributed by atoms with Crippen LogP contribution in [0.1, 0.15) is 19.8 Å². The first-order valence-corrected chi connectivity index (χ1v) is 5.64. The molecule has 0 aromatic rings. The highest BCUT2D eigenvalue weighted by Crippen LogP contribution is 1.90. The highest BCUT2D eigenvalue weighted by molar-refractivity contribution is 5.76. The number of nitrogens with zero attached hydrogens (tertiary/aromatic N) is 2. The third-order valence-corrected chi connectivity index (χ3v) is 2.07. The van der Waals surface area contributed by atoms with Gasteiger partial charge in [0.2, 0.25) is 5.91 Å². The lowest BCUT2D eigenvalue weighted by atomic mass is 10.2. The van der Waals surface area contributed by atoms with Gasteiger partial charge in [0, 0.05) is 19.6 Å². The molecule has 16 heavy (non-hydrogen) atoms. The first-order chi connectivity index (χ1) is 7.60. The van der Waals surface area contributed by atoms with Gasteiger partial charge in [-0.2, -0.15) is 5.26 Å². The topological polar surface area (TPSA) is 68.2 Å². The summed E-state index contributed by atoms with van der Waals surface area (Å²) in [5.74, 6) is -0.0641. The fourth-order valence-corrected chi connectivity index (χ4v) is 1.15. The summed E-state index contributed by atoms with van der Waals surface area (Å²) < 4.78 is 0. The van der Waals surface area contributed by atoms with E-state index >= 15 is 0 Å². The van der Waals surface area contributed by atoms with E-state index in [9.17, 15) is 4.79 Å². The van der Waals surface area contributed by atoms with Gasteiger partial charge in [0.15, 0.2) is 0 Å². The Bertz CT molecular complexity index is 235. The van der Waals surface area contributed by atoms with Crippen LogP contribution in [0.15, 0.2) is 0 Å². The number of nitrogens with one attached hydrogen (secondary N) is 2. The lowest BCUT2D eigenvalue weighted by molar-refractivity contribution is -0.121. The monoisotopic (exact) mass is 226 g/mol. The Hall–Kier alpha value is -1.12.